The van der Waals surface area contributed by atoms with Crippen LogP contribution in [0.1, 0.15) is 26.2 Å². The van der Waals surface area contributed by atoms with E-state index in [-0.39, 0.29) is 19.0 Å². The minimum atomic E-state index is -3.60. The number of nitrogens with zero attached hydrogens (tertiary/aromatic N) is 2. The molecule has 1 heterocycles. The number of carboxylic acids is 1. The largest absolute Gasteiger partial charge is 0.481 e. The molecule has 0 aromatic rings. The summed E-state index contributed by atoms with van der Waals surface area (Å²) in [6, 6.07) is 0.259. The fraction of sp³-hybridized carbons (Fsp3) is 0.909. The zero-order valence-corrected chi connectivity index (χ0v) is 12.5. The third-order valence-corrected chi connectivity index (χ3v) is 5.21. The first kappa shape index (κ1) is 16.4. The molecule has 1 saturated heterocycles. The van der Waals surface area contributed by atoms with Crippen LogP contribution in [-0.4, -0.2) is 68.0 Å². The van der Waals surface area contributed by atoms with Gasteiger partial charge in [0.2, 0.25) is 0 Å². The lowest BCUT2D eigenvalue weighted by atomic mass is 10.0. The molecule has 8 heteroatoms. The Labute approximate surface area is 114 Å². The molecule has 0 aromatic heterocycles. The van der Waals surface area contributed by atoms with Crippen molar-refractivity contribution in [1.29, 1.82) is 0 Å². The third-order valence-electron chi connectivity index (χ3n) is 3.57. The number of hydrogen-bond donors (Lipinski definition) is 2. The maximum Gasteiger partial charge on any atom is 0.304 e. The number of carbonyl (C=O) groups is 1. The Morgan fingerprint density at radius 1 is 1.53 bits per heavy atom. The van der Waals surface area contributed by atoms with Crippen LogP contribution in [0.3, 0.4) is 0 Å². The van der Waals surface area contributed by atoms with Gasteiger partial charge in [0.1, 0.15) is 0 Å². The monoisotopic (exact) mass is 293 g/mol. The molecule has 19 heavy (non-hydrogen) atoms. The van der Waals surface area contributed by atoms with Gasteiger partial charge in [0.15, 0.2) is 0 Å². The highest BCUT2D eigenvalue weighted by molar-refractivity contribution is 7.87. The summed E-state index contributed by atoms with van der Waals surface area (Å²) in [5.74, 6) is -1.00. The lowest BCUT2D eigenvalue weighted by Crippen LogP contribution is -2.50. The molecule has 7 nitrogen and oxygen atoms in total. The van der Waals surface area contributed by atoms with E-state index in [1.54, 1.807) is 0 Å². The lowest BCUT2D eigenvalue weighted by Gasteiger charge is -2.35. The molecule has 0 saturated carbocycles. The van der Waals surface area contributed by atoms with Crippen LogP contribution in [0.15, 0.2) is 0 Å². The molecular formula is C11H23N3O4S. The maximum atomic E-state index is 12.0. The van der Waals surface area contributed by atoms with Gasteiger partial charge in [0.25, 0.3) is 10.2 Å². The topological polar surface area (TPSA) is 90.0 Å². The number of likely N-dealkylation sites (tertiary alicyclic amines) is 1. The minimum Gasteiger partial charge on any atom is -0.481 e. The molecule has 1 rings (SSSR count). The lowest BCUT2D eigenvalue weighted by molar-refractivity contribution is -0.137. The first-order chi connectivity index (χ1) is 8.72. The van der Waals surface area contributed by atoms with Crippen molar-refractivity contribution in [3.05, 3.63) is 0 Å². The summed E-state index contributed by atoms with van der Waals surface area (Å²) in [4.78, 5) is 12.6. The van der Waals surface area contributed by atoms with Crippen molar-refractivity contribution in [2.24, 2.45) is 0 Å². The first-order valence-corrected chi connectivity index (χ1v) is 7.82. The molecule has 0 aromatic carbocycles. The highest BCUT2D eigenvalue weighted by Crippen LogP contribution is 2.16. The molecule has 0 radical (unpaired) electrons. The van der Waals surface area contributed by atoms with Crippen LogP contribution < -0.4 is 4.72 Å². The molecule has 1 aliphatic rings. The fourth-order valence-electron chi connectivity index (χ4n) is 2.07. The number of piperidine rings is 1. The van der Waals surface area contributed by atoms with Gasteiger partial charge in [0.05, 0.1) is 6.42 Å². The van der Waals surface area contributed by atoms with E-state index in [0.29, 0.717) is 6.04 Å². The summed E-state index contributed by atoms with van der Waals surface area (Å²) >= 11 is 0. The van der Waals surface area contributed by atoms with Crippen molar-refractivity contribution in [2.45, 2.75) is 38.3 Å². The zero-order valence-electron chi connectivity index (χ0n) is 11.7. The van der Waals surface area contributed by atoms with E-state index < -0.39 is 16.2 Å². The van der Waals surface area contributed by atoms with Crippen LogP contribution in [-0.2, 0) is 15.0 Å². The Hall–Kier alpha value is -0.700. The smallest absolute Gasteiger partial charge is 0.304 e. The number of hydrogen-bond acceptors (Lipinski definition) is 4. The Balaban J connectivity index is 2.52. The van der Waals surface area contributed by atoms with Gasteiger partial charge < -0.3 is 10.0 Å². The molecule has 1 fully saturated rings. The zero-order chi connectivity index (χ0) is 14.6. The molecule has 0 aliphatic carbocycles. The Morgan fingerprint density at radius 3 is 2.68 bits per heavy atom. The molecule has 0 amide bonds. The van der Waals surface area contributed by atoms with Crippen molar-refractivity contribution in [1.82, 2.24) is 13.9 Å². The SMILES string of the molecule is CC1CC(NS(=O)(=O)N(C)CCC(=O)O)CCN1C. The quantitative estimate of drug-likeness (QED) is 0.702. The van der Waals surface area contributed by atoms with Crippen molar-refractivity contribution in [3.63, 3.8) is 0 Å². The van der Waals surface area contributed by atoms with Crippen LogP contribution in [0, 0.1) is 0 Å². The molecule has 0 spiro atoms. The number of rotatable bonds is 6. The van der Waals surface area contributed by atoms with Gasteiger partial charge in [-0.3, -0.25) is 4.79 Å². The van der Waals surface area contributed by atoms with Gasteiger partial charge in [-0.15, -0.1) is 0 Å². The van der Waals surface area contributed by atoms with Gasteiger partial charge >= 0.3 is 5.97 Å². The van der Waals surface area contributed by atoms with Crippen LogP contribution in [0.25, 0.3) is 0 Å². The average Bonchev–Trinajstić information content (AvgIpc) is 2.30. The van der Waals surface area contributed by atoms with E-state index in [1.165, 1.54) is 7.05 Å². The van der Waals surface area contributed by atoms with Crippen LogP contribution >= 0.6 is 0 Å². The van der Waals surface area contributed by atoms with Gasteiger partial charge in [-0.2, -0.15) is 17.4 Å². The number of aliphatic carboxylic acids is 1. The van der Waals surface area contributed by atoms with Crippen molar-refractivity contribution < 1.29 is 18.3 Å². The summed E-state index contributed by atoms with van der Waals surface area (Å²) < 4.78 is 27.7. The van der Waals surface area contributed by atoms with Crippen molar-refractivity contribution in [2.75, 3.05) is 27.2 Å². The standard InChI is InChI=1S/C11H23N3O4S/c1-9-8-10(4-6-13(9)2)12-19(17,18)14(3)7-5-11(15)16/h9-10,12H,4-8H2,1-3H3,(H,15,16). The highest BCUT2D eigenvalue weighted by atomic mass is 32.2. The predicted molar refractivity (Wildman–Crippen MR) is 72.1 cm³/mol. The summed E-state index contributed by atoms with van der Waals surface area (Å²) in [5.41, 5.74) is 0. The maximum absolute atomic E-state index is 12.0. The normalized spacial score (nSPS) is 25.7. The van der Waals surface area contributed by atoms with E-state index in [9.17, 15) is 13.2 Å². The second-order valence-electron chi connectivity index (χ2n) is 5.14. The van der Waals surface area contributed by atoms with Gasteiger partial charge in [-0.05, 0) is 33.4 Å². The molecule has 2 N–H and O–H groups in total. The van der Waals surface area contributed by atoms with Gasteiger partial charge in [-0.1, -0.05) is 0 Å². The second kappa shape index (κ2) is 6.65. The summed E-state index contributed by atoms with van der Waals surface area (Å²) in [5, 5.41) is 8.57. The molecule has 112 valence electrons. The molecule has 2 atom stereocenters. The number of carboxylic acid groups (broad SMARTS) is 1. The van der Waals surface area contributed by atoms with Crippen LogP contribution in [0.5, 0.6) is 0 Å². The fourth-order valence-corrected chi connectivity index (χ4v) is 3.22. The summed E-state index contributed by atoms with van der Waals surface area (Å²) in [6.07, 6.45) is 1.34. The minimum absolute atomic E-state index is 0.0210. The highest BCUT2D eigenvalue weighted by Gasteiger charge is 2.28. The van der Waals surface area contributed by atoms with Gasteiger partial charge in [-0.25, -0.2) is 0 Å². The van der Waals surface area contributed by atoms with Crippen LogP contribution in [0.4, 0.5) is 0 Å². The van der Waals surface area contributed by atoms with Crippen molar-refractivity contribution >= 4 is 16.2 Å². The Morgan fingerprint density at radius 2 is 2.16 bits per heavy atom. The predicted octanol–water partition coefficient (Wildman–Crippen LogP) is -0.290. The Kier molecular flexibility index (Phi) is 5.72. The third kappa shape index (κ3) is 5.06. The molecule has 1 aliphatic heterocycles. The Bertz CT molecular complexity index is 412. The van der Waals surface area contributed by atoms with E-state index in [2.05, 4.69) is 16.5 Å². The van der Waals surface area contributed by atoms with E-state index >= 15 is 0 Å². The summed E-state index contributed by atoms with van der Waals surface area (Å²) in [6.45, 7) is 2.90. The average molecular weight is 293 g/mol. The van der Waals surface area contributed by atoms with E-state index in [0.717, 1.165) is 23.7 Å². The van der Waals surface area contributed by atoms with Crippen molar-refractivity contribution in [3.8, 4) is 0 Å². The number of nitrogens with one attached hydrogen (secondary N) is 1. The molecular weight excluding hydrogens is 270 g/mol. The van der Waals surface area contributed by atoms with E-state index in [1.807, 2.05) is 7.05 Å². The second-order valence-corrected chi connectivity index (χ2v) is 6.95. The van der Waals surface area contributed by atoms with Crippen LogP contribution in [0.2, 0.25) is 0 Å². The van der Waals surface area contributed by atoms with Gasteiger partial charge in [0, 0.05) is 25.7 Å². The van der Waals surface area contributed by atoms with E-state index in [4.69, 9.17) is 5.11 Å². The summed E-state index contributed by atoms with van der Waals surface area (Å²) in [7, 11) is -0.180. The molecule has 0 bridgehead atoms. The molecule has 2 unspecified atom stereocenters. The first-order valence-electron chi connectivity index (χ1n) is 6.38.